The number of fused-ring (bicyclic) bond motifs is 2. The molecule has 4 heteroatoms. The van der Waals surface area contributed by atoms with Crippen LogP contribution in [0.15, 0.2) is 36.4 Å². The summed E-state index contributed by atoms with van der Waals surface area (Å²) in [5, 5.41) is 0. The number of nitrogens with zero attached hydrogens (tertiary/aromatic N) is 1. The summed E-state index contributed by atoms with van der Waals surface area (Å²) < 4.78 is 10.9. The number of benzene rings is 2. The van der Waals surface area contributed by atoms with Gasteiger partial charge < -0.3 is 14.4 Å². The Balaban J connectivity index is 1.67. The lowest BCUT2D eigenvalue weighted by Crippen LogP contribution is -2.36. The van der Waals surface area contributed by atoms with Crippen molar-refractivity contribution in [3.8, 4) is 5.75 Å². The minimum absolute atomic E-state index is 0.172. The van der Waals surface area contributed by atoms with Crippen LogP contribution in [0.4, 0.5) is 5.69 Å². The number of hydrogen-bond donors (Lipinski definition) is 0. The highest BCUT2D eigenvalue weighted by molar-refractivity contribution is 5.89. The summed E-state index contributed by atoms with van der Waals surface area (Å²) in [7, 11) is 1.41. The standard InChI is InChI=1S/C25H31NO3/c1-24(2)10-11-25(3,4)20-15-22-21(14-19(20)24)26(12-13-29-22)16-17-6-8-18(9-7-17)23(27)28-5/h6-9,14-15H,10-13,16H2,1-5H3. The van der Waals surface area contributed by atoms with Crippen LogP contribution in [0.25, 0.3) is 0 Å². The molecule has 0 spiro atoms. The van der Waals surface area contributed by atoms with Crippen LogP contribution in [0.5, 0.6) is 5.75 Å². The third-order valence-electron chi connectivity index (χ3n) is 6.64. The Morgan fingerprint density at radius 1 is 1.03 bits per heavy atom. The predicted molar refractivity (Wildman–Crippen MR) is 116 cm³/mol. The van der Waals surface area contributed by atoms with Crippen LogP contribution in [0, 0.1) is 0 Å². The Labute approximate surface area is 173 Å². The van der Waals surface area contributed by atoms with Crippen molar-refractivity contribution >= 4 is 11.7 Å². The second kappa shape index (κ2) is 7.08. The van der Waals surface area contributed by atoms with E-state index in [-0.39, 0.29) is 16.8 Å². The Morgan fingerprint density at radius 2 is 1.66 bits per heavy atom. The molecule has 154 valence electrons. The van der Waals surface area contributed by atoms with Crippen molar-refractivity contribution in [1.82, 2.24) is 0 Å². The molecular weight excluding hydrogens is 362 g/mol. The summed E-state index contributed by atoms with van der Waals surface area (Å²) in [5.41, 5.74) is 6.15. The third-order valence-corrected chi connectivity index (χ3v) is 6.64. The second-order valence-corrected chi connectivity index (χ2v) is 9.59. The minimum atomic E-state index is -0.301. The van der Waals surface area contributed by atoms with Crippen LogP contribution in [0.2, 0.25) is 0 Å². The molecule has 2 aliphatic rings. The number of rotatable bonds is 3. The molecule has 0 bridgehead atoms. The molecule has 1 aliphatic carbocycles. The van der Waals surface area contributed by atoms with Crippen molar-refractivity contribution < 1.29 is 14.3 Å². The van der Waals surface area contributed by atoms with E-state index in [0.717, 1.165) is 18.8 Å². The Kier molecular flexibility index (Phi) is 4.84. The maximum atomic E-state index is 11.7. The molecule has 1 heterocycles. The first-order valence-electron chi connectivity index (χ1n) is 10.5. The van der Waals surface area contributed by atoms with Crippen molar-refractivity contribution in [2.45, 2.75) is 57.9 Å². The average molecular weight is 394 g/mol. The summed E-state index contributed by atoms with van der Waals surface area (Å²) in [5.74, 6) is 0.691. The van der Waals surface area contributed by atoms with E-state index >= 15 is 0 Å². The molecule has 0 radical (unpaired) electrons. The van der Waals surface area contributed by atoms with Crippen molar-refractivity contribution in [2.75, 3.05) is 25.2 Å². The Hall–Kier alpha value is -2.49. The van der Waals surface area contributed by atoms with Crippen LogP contribution in [0.1, 0.15) is 67.6 Å². The van der Waals surface area contributed by atoms with E-state index in [1.165, 1.54) is 42.3 Å². The molecule has 4 nitrogen and oxygen atoms in total. The quantitative estimate of drug-likeness (QED) is 0.670. The van der Waals surface area contributed by atoms with Gasteiger partial charge in [-0.05, 0) is 64.6 Å². The van der Waals surface area contributed by atoms with Gasteiger partial charge in [-0.15, -0.1) is 0 Å². The summed E-state index contributed by atoms with van der Waals surface area (Å²) >= 11 is 0. The fraction of sp³-hybridized carbons (Fsp3) is 0.480. The molecular formula is C25H31NO3. The minimum Gasteiger partial charge on any atom is -0.490 e. The summed E-state index contributed by atoms with van der Waals surface area (Å²) in [4.78, 5) is 14.1. The van der Waals surface area contributed by atoms with Crippen LogP contribution >= 0.6 is 0 Å². The Bertz CT molecular complexity index is 928. The van der Waals surface area contributed by atoms with Gasteiger partial charge in [-0.2, -0.15) is 0 Å². The van der Waals surface area contributed by atoms with Crippen LogP contribution in [0.3, 0.4) is 0 Å². The van der Waals surface area contributed by atoms with Gasteiger partial charge in [0.1, 0.15) is 12.4 Å². The van der Waals surface area contributed by atoms with Crippen molar-refractivity contribution in [3.05, 3.63) is 58.7 Å². The topological polar surface area (TPSA) is 38.8 Å². The highest BCUT2D eigenvalue weighted by Gasteiger charge is 2.38. The molecule has 0 N–H and O–H groups in total. The van der Waals surface area contributed by atoms with Gasteiger partial charge in [-0.1, -0.05) is 39.8 Å². The monoisotopic (exact) mass is 393 g/mol. The van der Waals surface area contributed by atoms with Gasteiger partial charge in [0.05, 0.1) is 24.9 Å². The van der Waals surface area contributed by atoms with Gasteiger partial charge in [0.2, 0.25) is 0 Å². The van der Waals surface area contributed by atoms with E-state index < -0.39 is 0 Å². The summed E-state index contributed by atoms with van der Waals surface area (Å²) in [6, 6.07) is 12.3. The number of anilines is 1. The lowest BCUT2D eigenvalue weighted by atomic mass is 9.63. The fourth-order valence-electron chi connectivity index (χ4n) is 4.58. The molecule has 29 heavy (non-hydrogen) atoms. The molecule has 2 aromatic rings. The lowest BCUT2D eigenvalue weighted by molar-refractivity contribution is 0.0600. The number of carbonyl (C=O) groups is 1. The number of esters is 1. The number of methoxy groups -OCH3 is 1. The predicted octanol–water partition coefficient (Wildman–Crippen LogP) is 5.22. The molecule has 0 unspecified atom stereocenters. The van der Waals surface area contributed by atoms with Crippen LogP contribution in [-0.2, 0) is 22.1 Å². The molecule has 0 amide bonds. The molecule has 0 saturated carbocycles. The van der Waals surface area contributed by atoms with E-state index in [1.54, 1.807) is 0 Å². The van der Waals surface area contributed by atoms with Crippen LogP contribution in [-0.4, -0.2) is 26.2 Å². The van der Waals surface area contributed by atoms with E-state index in [9.17, 15) is 4.79 Å². The van der Waals surface area contributed by atoms with Gasteiger partial charge in [0.25, 0.3) is 0 Å². The molecule has 0 fully saturated rings. The van der Waals surface area contributed by atoms with Gasteiger partial charge >= 0.3 is 5.97 Å². The van der Waals surface area contributed by atoms with Gasteiger partial charge in [-0.25, -0.2) is 4.79 Å². The molecule has 4 rings (SSSR count). The lowest BCUT2D eigenvalue weighted by Gasteiger charge is -2.43. The SMILES string of the molecule is COC(=O)c1ccc(CN2CCOc3cc4c(cc32)C(C)(C)CCC4(C)C)cc1. The van der Waals surface area contributed by atoms with E-state index in [4.69, 9.17) is 9.47 Å². The molecule has 0 atom stereocenters. The zero-order valence-corrected chi connectivity index (χ0v) is 18.2. The zero-order valence-electron chi connectivity index (χ0n) is 18.2. The van der Waals surface area contributed by atoms with E-state index in [2.05, 4.69) is 44.7 Å². The van der Waals surface area contributed by atoms with Crippen molar-refractivity contribution in [3.63, 3.8) is 0 Å². The highest BCUT2D eigenvalue weighted by atomic mass is 16.5. The van der Waals surface area contributed by atoms with Gasteiger partial charge in [0.15, 0.2) is 0 Å². The third kappa shape index (κ3) is 3.61. The second-order valence-electron chi connectivity index (χ2n) is 9.59. The highest BCUT2D eigenvalue weighted by Crippen LogP contribution is 2.49. The summed E-state index contributed by atoms with van der Waals surface area (Å²) in [6.45, 7) is 11.7. The zero-order chi connectivity index (χ0) is 20.8. The molecule has 1 aliphatic heterocycles. The molecule has 0 saturated heterocycles. The van der Waals surface area contributed by atoms with Gasteiger partial charge in [0, 0.05) is 6.54 Å². The van der Waals surface area contributed by atoms with Gasteiger partial charge in [-0.3, -0.25) is 0 Å². The first-order chi connectivity index (χ1) is 13.7. The smallest absolute Gasteiger partial charge is 0.337 e. The Morgan fingerprint density at radius 3 is 2.28 bits per heavy atom. The maximum Gasteiger partial charge on any atom is 0.337 e. The average Bonchev–Trinajstić information content (AvgIpc) is 2.71. The normalized spacial score (nSPS) is 19.0. The van der Waals surface area contributed by atoms with Crippen LogP contribution < -0.4 is 9.64 Å². The number of carbonyl (C=O) groups excluding carboxylic acids is 1. The maximum absolute atomic E-state index is 11.7. The van der Waals surface area contributed by atoms with E-state index in [1.807, 2.05) is 24.3 Å². The largest absolute Gasteiger partial charge is 0.490 e. The number of hydrogen-bond acceptors (Lipinski definition) is 4. The summed E-state index contributed by atoms with van der Waals surface area (Å²) in [6.07, 6.45) is 2.39. The number of ether oxygens (including phenoxy) is 2. The first kappa shape index (κ1) is 19.8. The fourth-order valence-corrected chi connectivity index (χ4v) is 4.58. The molecule has 0 aromatic heterocycles. The van der Waals surface area contributed by atoms with E-state index in [0.29, 0.717) is 12.2 Å². The molecule has 2 aromatic carbocycles. The van der Waals surface area contributed by atoms with Crippen molar-refractivity contribution in [1.29, 1.82) is 0 Å². The van der Waals surface area contributed by atoms with Crippen molar-refractivity contribution in [2.24, 2.45) is 0 Å². The first-order valence-corrected chi connectivity index (χ1v) is 10.5.